The Bertz CT molecular complexity index is 643. The number of pyridine rings is 1. The van der Waals surface area contributed by atoms with Gasteiger partial charge in [-0.05, 0) is 6.07 Å². The lowest BCUT2D eigenvalue weighted by molar-refractivity contribution is -0.277. The lowest BCUT2D eigenvalue weighted by Crippen LogP contribution is -2.22. The quantitative estimate of drug-likeness (QED) is 0.458. The molecule has 0 saturated carbocycles. The van der Waals surface area contributed by atoms with Crippen LogP contribution in [-0.4, -0.2) is 19.8 Å². The van der Waals surface area contributed by atoms with Gasteiger partial charge in [-0.3, -0.25) is 0 Å². The average molecular weight is 378 g/mol. The summed E-state index contributed by atoms with van der Waals surface area (Å²) in [4.78, 5) is 1.05. The van der Waals surface area contributed by atoms with Gasteiger partial charge in [-0.2, -0.15) is 13.2 Å². The number of nitrogens with zero attached hydrogens (tertiary/aromatic N) is 1. The summed E-state index contributed by atoms with van der Waals surface area (Å²) < 4.78 is 100. The fraction of sp³-hybridized carbons (Fsp3) is 0.375. The van der Waals surface area contributed by atoms with E-state index in [9.17, 15) is 34.8 Å². The zero-order valence-corrected chi connectivity index (χ0v) is 11.7. The normalized spacial score (nSPS) is 13.3. The lowest BCUT2D eigenvalue weighted by Gasteiger charge is -2.16. The molecule has 0 atom stereocenters. The Balaban J connectivity index is 3.76. The monoisotopic (exact) mass is 377 g/mol. The van der Waals surface area contributed by atoms with Crippen LogP contribution < -0.4 is 4.74 Å². The molecule has 1 aromatic rings. The van der Waals surface area contributed by atoms with Crippen molar-refractivity contribution < 1.29 is 39.5 Å². The van der Waals surface area contributed by atoms with Gasteiger partial charge in [0.25, 0.3) is 9.05 Å². The molecule has 1 heterocycles. The molecule has 0 radical (unpaired) electrons. The van der Waals surface area contributed by atoms with Gasteiger partial charge in [0.2, 0.25) is 5.88 Å². The zero-order chi connectivity index (χ0) is 16.6. The van der Waals surface area contributed by atoms with E-state index in [2.05, 4.69) is 9.72 Å². The molecule has 0 aromatic carbocycles. The second kappa shape index (κ2) is 5.69. The van der Waals surface area contributed by atoms with E-state index in [-0.39, 0.29) is 6.07 Å². The number of ether oxygens (including phenoxy) is 1. The molecule has 120 valence electrons. The number of alkyl halides is 7. The summed E-state index contributed by atoms with van der Waals surface area (Å²) in [5.74, 6) is -2.55. The van der Waals surface area contributed by atoms with E-state index in [1.54, 1.807) is 0 Å². The average Bonchev–Trinajstić information content (AvgIpc) is 2.22. The van der Waals surface area contributed by atoms with Gasteiger partial charge in [0.05, 0.1) is 17.1 Å². The number of hydrogen-bond donors (Lipinski definition) is 0. The van der Waals surface area contributed by atoms with E-state index < -0.39 is 49.5 Å². The van der Waals surface area contributed by atoms with E-state index in [0.717, 1.165) is 0 Å². The van der Waals surface area contributed by atoms with E-state index in [0.29, 0.717) is 0 Å². The molecule has 21 heavy (non-hydrogen) atoms. The summed E-state index contributed by atoms with van der Waals surface area (Å²) in [5.41, 5.74) is -2.63. The first-order chi connectivity index (χ1) is 9.25. The molecule has 0 saturated heterocycles. The molecule has 0 amide bonds. The third-order valence-corrected chi connectivity index (χ3v) is 3.51. The van der Waals surface area contributed by atoms with Gasteiger partial charge < -0.3 is 4.74 Å². The van der Waals surface area contributed by atoms with Crippen molar-refractivity contribution in [2.45, 2.75) is 23.3 Å². The molecule has 1 rings (SSSR count). The molecule has 0 aliphatic carbocycles. The van der Waals surface area contributed by atoms with Crippen LogP contribution in [0.3, 0.4) is 0 Å². The number of rotatable bonds is 3. The molecule has 4 nitrogen and oxygen atoms in total. The topological polar surface area (TPSA) is 56.3 Å². The highest BCUT2D eigenvalue weighted by molar-refractivity contribution is 8.13. The SMILES string of the molecule is O=S(=O)(Cl)c1c(C(F)(F)F)cc(CCl)nc1OC(F)(F)F. The number of aromatic nitrogens is 1. The van der Waals surface area contributed by atoms with Crippen LogP contribution >= 0.6 is 22.3 Å². The van der Waals surface area contributed by atoms with Crippen molar-refractivity contribution in [3.63, 3.8) is 0 Å². The Hall–Kier alpha value is -0.940. The number of hydrogen-bond acceptors (Lipinski definition) is 4. The van der Waals surface area contributed by atoms with Crippen LogP contribution in [0.5, 0.6) is 5.88 Å². The second-order valence-corrected chi connectivity index (χ2v) is 6.18. The van der Waals surface area contributed by atoms with Crippen LogP contribution in [0.4, 0.5) is 26.3 Å². The van der Waals surface area contributed by atoms with Crippen molar-refractivity contribution in [3.8, 4) is 5.88 Å². The molecule has 1 aromatic heterocycles. The smallest absolute Gasteiger partial charge is 0.386 e. The molecular formula is C8H3Cl2F6NO3S. The van der Waals surface area contributed by atoms with Gasteiger partial charge in [-0.1, -0.05) is 0 Å². The van der Waals surface area contributed by atoms with Crippen LogP contribution in [0.25, 0.3) is 0 Å². The van der Waals surface area contributed by atoms with Crippen molar-refractivity contribution in [1.29, 1.82) is 0 Å². The van der Waals surface area contributed by atoms with Gasteiger partial charge in [0.15, 0.2) is 4.90 Å². The third-order valence-electron chi connectivity index (χ3n) is 1.89. The molecule has 0 fully saturated rings. The largest absolute Gasteiger partial charge is 0.574 e. The molecule has 13 heteroatoms. The first kappa shape index (κ1) is 18.1. The maximum absolute atomic E-state index is 12.8. The fourth-order valence-electron chi connectivity index (χ4n) is 1.25. The second-order valence-electron chi connectivity index (χ2n) is 3.41. The van der Waals surface area contributed by atoms with Gasteiger partial charge in [-0.25, -0.2) is 13.4 Å². The highest BCUT2D eigenvalue weighted by Gasteiger charge is 2.43. The van der Waals surface area contributed by atoms with Crippen LogP contribution in [0, 0.1) is 0 Å². The van der Waals surface area contributed by atoms with E-state index in [1.165, 1.54) is 0 Å². The molecule has 0 unspecified atom stereocenters. The first-order valence-corrected chi connectivity index (χ1v) is 7.47. The third kappa shape index (κ3) is 4.78. The van der Waals surface area contributed by atoms with Crippen molar-refractivity contribution >= 4 is 31.3 Å². The Morgan fingerprint density at radius 3 is 2.05 bits per heavy atom. The molecular weight excluding hydrogens is 375 g/mol. The summed E-state index contributed by atoms with van der Waals surface area (Å²) >= 11 is 5.21. The van der Waals surface area contributed by atoms with Crippen LogP contribution in [-0.2, 0) is 21.1 Å². The highest BCUT2D eigenvalue weighted by Crippen LogP contribution is 2.41. The van der Waals surface area contributed by atoms with Gasteiger partial charge in [0, 0.05) is 10.7 Å². The van der Waals surface area contributed by atoms with Crippen molar-refractivity contribution in [1.82, 2.24) is 4.98 Å². The minimum atomic E-state index is -5.48. The summed E-state index contributed by atoms with van der Waals surface area (Å²) in [6, 6.07) is 0.172. The minimum absolute atomic E-state index is 0.172. The van der Waals surface area contributed by atoms with Gasteiger partial charge in [-0.15, -0.1) is 24.8 Å². The summed E-state index contributed by atoms with van der Waals surface area (Å²) in [6.07, 6.45) is -10.8. The molecule has 0 bridgehead atoms. The van der Waals surface area contributed by atoms with Crippen LogP contribution in [0.1, 0.15) is 11.3 Å². The predicted molar refractivity (Wildman–Crippen MR) is 58.5 cm³/mol. The van der Waals surface area contributed by atoms with E-state index in [4.69, 9.17) is 22.3 Å². The summed E-state index contributed by atoms with van der Waals surface area (Å²) in [5, 5.41) is 0. The fourth-order valence-corrected chi connectivity index (χ4v) is 2.57. The number of halogens is 8. The molecule has 0 N–H and O–H groups in total. The Morgan fingerprint density at radius 1 is 1.19 bits per heavy atom. The van der Waals surface area contributed by atoms with E-state index in [1.807, 2.05) is 0 Å². The minimum Gasteiger partial charge on any atom is -0.386 e. The van der Waals surface area contributed by atoms with Gasteiger partial charge in [0.1, 0.15) is 0 Å². The highest BCUT2D eigenvalue weighted by atomic mass is 35.7. The maximum Gasteiger partial charge on any atom is 0.574 e. The standard InChI is InChI=1S/C8H3Cl2F6NO3S/c9-2-3-1-4(7(11,12)13)5(21(10,18)19)6(17-3)20-8(14,15)16/h1H,2H2. The maximum atomic E-state index is 12.8. The molecule has 0 aliphatic rings. The Kier molecular flexibility index (Phi) is 4.91. The summed E-state index contributed by atoms with van der Waals surface area (Å²) in [7, 11) is -0.472. The van der Waals surface area contributed by atoms with Crippen LogP contribution in [0.2, 0.25) is 0 Å². The predicted octanol–water partition coefficient (Wildman–Crippen LogP) is 3.67. The van der Waals surface area contributed by atoms with E-state index >= 15 is 0 Å². The Morgan fingerprint density at radius 2 is 1.71 bits per heavy atom. The van der Waals surface area contributed by atoms with Gasteiger partial charge >= 0.3 is 12.5 Å². The van der Waals surface area contributed by atoms with Crippen molar-refractivity contribution in [2.75, 3.05) is 0 Å². The van der Waals surface area contributed by atoms with Crippen LogP contribution in [0.15, 0.2) is 11.0 Å². The Labute approximate surface area is 123 Å². The lowest BCUT2D eigenvalue weighted by atomic mass is 10.2. The van der Waals surface area contributed by atoms with Crippen molar-refractivity contribution in [2.24, 2.45) is 0 Å². The first-order valence-electron chi connectivity index (χ1n) is 4.63. The summed E-state index contributed by atoms with van der Waals surface area (Å²) in [6.45, 7) is 0. The molecule has 0 aliphatic heterocycles. The van der Waals surface area contributed by atoms with Crippen molar-refractivity contribution in [3.05, 3.63) is 17.3 Å². The molecule has 0 spiro atoms. The zero-order valence-electron chi connectivity index (χ0n) is 9.39.